The molecule has 0 spiro atoms. The van der Waals surface area contributed by atoms with Crippen molar-refractivity contribution in [3.63, 3.8) is 0 Å². The summed E-state index contributed by atoms with van der Waals surface area (Å²) in [5.74, 6) is -1.92. The normalized spacial score (nSPS) is 17.0. The minimum absolute atomic E-state index is 0.0154. The first-order valence-corrected chi connectivity index (χ1v) is 10.0. The standard InChI is InChI=1S/C21H21F2N5O3/c1-26(21(11-29)4-5-21)19(30)13-9-24-28-7-6-27(10-17(13)28)20(31)16-8-12-14(22)2-3-15(23)18(12)25-16/h2-3,8-9,25,29H,4-7,10-11H2,1H3. The Bertz CT molecular complexity index is 1170. The minimum Gasteiger partial charge on any atom is -0.394 e. The molecule has 0 bridgehead atoms. The SMILES string of the molecule is CN(C(=O)c1cnn2c1CN(C(=O)c1cc3c(F)ccc(F)c3[nH]1)CC2)C1(CO)CC1. The second kappa shape index (κ2) is 6.88. The number of aromatic amines is 1. The zero-order valence-electron chi connectivity index (χ0n) is 16.9. The molecule has 3 aromatic rings. The lowest BCUT2D eigenvalue weighted by molar-refractivity contribution is 0.0608. The van der Waals surface area contributed by atoms with E-state index in [1.807, 2.05) is 0 Å². The van der Waals surface area contributed by atoms with E-state index in [0.29, 0.717) is 24.3 Å². The minimum atomic E-state index is -0.638. The molecule has 162 valence electrons. The third-order valence-corrected chi connectivity index (χ3v) is 6.45. The number of hydrogen-bond acceptors (Lipinski definition) is 4. The van der Waals surface area contributed by atoms with Gasteiger partial charge in [0, 0.05) is 19.0 Å². The molecule has 31 heavy (non-hydrogen) atoms. The number of nitrogens with one attached hydrogen (secondary N) is 1. The molecule has 2 N–H and O–H groups in total. The van der Waals surface area contributed by atoms with E-state index in [4.69, 9.17) is 0 Å². The molecular weight excluding hydrogens is 408 g/mol. The number of likely N-dealkylation sites (N-methyl/N-ethyl adjacent to an activating group) is 1. The van der Waals surface area contributed by atoms with Gasteiger partial charge in [-0.2, -0.15) is 5.10 Å². The van der Waals surface area contributed by atoms with Crippen LogP contribution in [0.2, 0.25) is 0 Å². The second-order valence-electron chi connectivity index (χ2n) is 8.20. The third kappa shape index (κ3) is 3.01. The van der Waals surface area contributed by atoms with E-state index in [1.54, 1.807) is 16.6 Å². The van der Waals surface area contributed by atoms with E-state index in [-0.39, 0.29) is 35.7 Å². The highest BCUT2D eigenvalue weighted by Crippen LogP contribution is 2.41. The molecule has 1 aliphatic carbocycles. The van der Waals surface area contributed by atoms with E-state index >= 15 is 0 Å². The Morgan fingerprint density at radius 1 is 1.26 bits per heavy atom. The predicted molar refractivity (Wildman–Crippen MR) is 106 cm³/mol. The summed E-state index contributed by atoms with van der Waals surface area (Å²) in [6, 6.07) is 3.34. The van der Waals surface area contributed by atoms with Crippen molar-refractivity contribution in [2.24, 2.45) is 0 Å². The van der Waals surface area contributed by atoms with Crippen LogP contribution in [0.3, 0.4) is 0 Å². The number of amides is 2. The summed E-state index contributed by atoms with van der Waals surface area (Å²) >= 11 is 0. The number of aliphatic hydroxyl groups excluding tert-OH is 1. The van der Waals surface area contributed by atoms with E-state index in [9.17, 15) is 23.5 Å². The maximum atomic E-state index is 14.0. The Morgan fingerprint density at radius 2 is 2.00 bits per heavy atom. The van der Waals surface area contributed by atoms with Gasteiger partial charge < -0.3 is 19.9 Å². The predicted octanol–water partition coefficient (Wildman–Crippen LogP) is 1.90. The van der Waals surface area contributed by atoms with Crippen molar-refractivity contribution >= 4 is 22.7 Å². The van der Waals surface area contributed by atoms with Crippen molar-refractivity contribution in [1.82, 2.24) is 24.6 Å². The Hall–Kier alpha value is -3.27. The van der Waals surface area contributed by atoms with Crippen molar-refractivity contribution < 1.29 is 23.5 Å². The van der Waals surface area contributed by atoms with Crippen LogP contribution in [-0.4, -0.2) is 67.2 Å². The van der Waals surface area contributed by atoms with Gasteiger partial charge in [0.15, 0.2) is 0 Å². The van der Waals surface area contributed by atoms with Crippen LogP contribution in [0, 0.1) is 11.6 Å². The van der Waals surface area contributed by atoms with Crippen LogP contribution in [-0.2, 0) is 13.1 Å². The number of halogens is 2. The molecule has 3 heterocycles. The highest BCUT2D eigenvalue weighted by molar-refractivity contribution is 5.99. The van der Waals surface area contributed by atoms with Crippen LogP contribution >= 0.6 is 0 Å². The number of carbonyl (C=O) groups excluding carboxylic acids is 2. The average molecular weight is 429 g/mol. The second-order valence-corrected chi connectivity index (χ2v) is 8.20. The molecule has 1 fully saturated rings. The molecular formula is C21H21F2N5O3. The fourth-order valence-electron chi connectivity index (χ4n) is 4.17. The molecule has 10 heteroatoms. The number of carbonyl (C=O) groups is 2. The number of aliphatic hydroxyl groups is 1. The lowest BCUT2D eigenvalue weighted by atomic mass is 10.1. The number of nitrogens with zero attached hydrogens (tertiary/aromatic N) is 4. The largest absolute Gasteiger partial charge is 0.394 e. The van der Waals surface area contributed by atoms with Gasteiger partial charge in [0.05, 0.1) is 48.2 Å². The van der Waals surface area contributed by atoms with Crippen molar-refractivity contribution in [1.29, 1.82) is 0 Å². The first kappa shape index (κ1) is 19.7. The van der Waals surface area contributed by atoms with Crippen molar-refractivity contribution in [3.8, 4) is 0 Å². The van der Waals surface area contributed by atoms with Crippen molar-refractivity contribution in [2.75, 3.05) is 20.2 Å². The summed E-state index contributed by atoms with van der Waals surface area (Å²) in [4.78, 5) is 31.8. The molecule has 1 saturated carbocycles. The summed E-state index contributed by atoms with van der Waals surface area (Å²) in [6.07, 6.45) is 2.98. The third-order valence-electron chi connectivity index (χ3n) is 6.45. The Balaban J connectivity index is 1.41. The molecule has 1 aromatic carbocycles. The van der Waals surface area contributed by atoms with Gasteiger partial charge in [0.1, 0.15) is 17.3 Å². The lowest BCUT2D eigenvalue weighted by Gasteiger charge is -2.30. The van der Waals surface area contributed by atoms with Crippen LogP contribution in [0.4, 0.5) is 8.78 Å². The van der Waals surface area contributed by atoms with Crippen LogP contribution < -0.4 is 0 Å². The highest BCUT2D eigenvalue weighted by Gasteiger charge is 2.48. The van der Waals surface area contributed by atoms with Crippen LogP contribution in [0.15, 0.2) is 24.4 Å². The number of fused-ring (bicyclic) bond motifs is 2. The number of aromatic nitrogens is 3. The molecule has 2 amide bonds. The van der Waals surface area contributed by atoms with Gasteiger partial charge >= 0.3 is 0 Å². The van der Waals surface area contributed by atoms with E-state index < -0.39 is 23.1 Å². The van der Waals surface area contributed by atoms with Crippen LogP contribution in [0.1, 0.15) is 39.4 Å². The Labute approximate surface area is 176 Å². The quantitative estimate of drug-likeness (QED) is 0.662. The first-order chi connectivity index (χ1) is 14.8. The van der Waals surface area contributed by atoms with Crippen molar-refractivity contribution in [3.05, 3.63) is 53.0 Å². The average Bonchev–Trinajstić information content (AvgIpc) is 3.25. The monoisotopic (exact) mass is 429 g/mol. The molecule has 2 aliphatic rings. The van der Waals surface area contributed by atoms with Gasteiger partial charge in [0.25, 0.3) is 11.8 Å². The number of rotatable bonds is 4. The fourth-order valence-corrected chi connectivity index (χ4v) is 4.17. The van der Waals surface area contributed by atoms with Crippen LogP contribution in [0.5, 0.6) is 0 Å². The topological polar surface area (TPSA) is 94.5 Å². The molecule has 0 atom stereocenters. The van der Waals surface area contributed by atoms with E-state index in [2.05, 4.69) is 10.1 Å². The molecule has 2 aromatic heterocycles. The molecule has 8 nitrogen and oxygen atoms in total. The van der Waals surface area contributed by atoms with E-state index in [1.165, 1.54) is 17.2 Å². The van der Waals surface area contributed by atoms with Gasteiger partial charge in [-0.25, -0.2) is 8.78 Å². The maximum absolute atomic E-state index is 14.0. The molecule has 0 radical (unpaired) electrons. The van der Waals surface area contributed by atoms with Gasteiger partial charge in [-0.15, -0.1) is 0 Å². The molecule has 0 unspecified atom stereocenters. The summed E-state index contributed by atoms with van der Waals surface area (Å²) in [6.45, 7) is 0.779. The van der Waals surface area contributed by atoms with Gasteiger partial charge in [-0.05, 0) is 31.0 Å². The smallest absolute Gasteiger partial charge is 0.270 e. The maximum Gasteiger partial charge on any atom is 0.270 e. The number of benzene rings is 1. The fraction of sp³-hybridized carbons (Fsp3) is 0.381. The van der Waals surface area contributed by atoms with Crippen molar-refractivity contribution in [2.45, 2.75) is 31.5 Å². The number of hydrogen-bond donors (Lipinski definition) is 2. The van der Waals surface area contributed by atoms with E-state index in [0.717, 1.165) is 25.0 Å². The van der Waals surface area contributed by atoms with Gasteiger partial charge in [-0.3, -0.25) is 14.3 Å². The van der Waals surface area contributed by atoms with Gasteiger partial charge in [-0.1, -0.05) is 0 Å². The summed E-state index contributed by atoms with van der Waals surface area (Å²) in [5.41, 5.74) is 0.483. The molecule has 5 rings (SSSR count). The molecule has 0 saturated heterocycles. The zero-order chi connectivity index (χ0) is 21.9. The molecule has 1 aliphatic heterocycles. The zero-order valence-corrected chi connectivity index (χ0v) is 16.9. The number of H-pyrrole nitrogens is 1. The first-order valence-electron chi connectivity index (χ1n) is 10.0. The van der Waals surface area contributed by atoms with Gasteiger partial charge in [0.2, 0.25) is 0 Å². The summed E-state index contributed by atoms with van der Waals surface area (Å²) < 4.78 is 29.7. The lowest BCUT2D eigenvalue weighted by Crippen LogP contribution is -2.43. The highest BCUT2D eigenvalue weighted by atomic mass is 19.1. The Kier molecular flexibility index (Phi) is 4.37. The van der Waals surface area contributed by atoms with Crippen LogP contribution in [0.25, 0.3) is 10.9 Å². The Morgan fingerprint density at radius 3 is 2.68 bits per heavy atom. The summed E-state index contributed by atoms with van der Waals surface area (Å²) in [5, 5.41) is 13.9. The summed E-state index contributed by atoms with van der Waals surface area (Å²) in [7, 11) is 1.66.